The average Bonchev–Trinajstić information content (AvgIpc) is 2.39. The van der Waals surface area contributed by atoms with Crippen molar-refractivity contribution < 1.29 is 9.90 Å². The molecule has 0 heterocycles. The normalized spacial score (nSPS) is 23.6. The van der Waals surface area contributed by atoms with E-state index in [1.165, 1.54) is 0 Å². The first-order valence-electron chi connectivity index (χ1n) is 6.75. The van der Waals surface area contributed by atoms with Gasteiger partial charge in [-0.3, -0.25) is 9.69 Å². The molecule has 1 aliphatic rings. The molecule has 0 aromatic heterocycles. The van der Waals surface area contributed by atoms with E-state index >= 15 is 0 Å². The number of aliphatic hydroxyl groups is 1. The zero-order chi connectivity index (χ0) is 13.8. The van der Waals surface area contributed by atoms with E-state index in [2.05, 4.69) is 15.9 Å². The van der Waals surface area contributed by atoms with Crippen molar-refractivity contribution in [3.8, 4) is 0 Å². The molecule has 2 unspecified atom stereocenters. The van der Waals surface area contributed by atoms with Crippen LogP contribution in [0.2, 0.25) is 0 Å². The van der Waals surface area contributed by atoms with Gasteiger partial charge in [-0.1, -0.05) is 40.9 Å². The maximum atomic E-state index is 12.2. The second kappa shape index (κ2) is 6.64. The Hall–Kier alpha value is -0.710. The molecule has 0 aliphatic heterocycles. The van der Waals surface area contributed by atoms with Crippen LogP contribution in [0.3, 0.4) is 0 Å². The third-order valence-electron chi connectivity index (χ3n) is 3.82. The van der Waals surface area contributed by atoms with Gasteiger partial charge in [-0.25, -0.2) is 0 Å². The Bertz CT molecular complexity index is 432. The molecule has 1 fully saturated rings. The Morgan fingerprint density at radius 2 is 1.95 bits per heavy atom. The summed E-state index contributed by atoms with van der Waals surface area (Å²) in [7, 11) is 1.93. The summed E-state index contributed by atoms with van der Waals surface area (Å²) < 4.78 is 0.972. The topological polar surface area (TPSA) is 40.5 Å². The van der Waals surface area contributed by atoms with Crippen molar-refractivity contribution in [1.82, 2.24) is 4.90 Å². The van der Waals surface area contributed by atoms with Crippen LogP contribution in [0.4, 0.5) is 0 Å². The summed E-state index contributed by atoms with van der Waals surface area (Å²) in [5.74, 6) is 0.104. The van der Waals surface area contributed by atoms with Gasteiger partial charge in [0.25, 0.3) is 0 Å². The molecule has 19 heavy (non-hydrogen) atoms. The number of hydrogen-bond donors (Lipinski definition) is 1. The van der Waals surface area contributed by atoms with Crippen molar-refractivity contribution in [3.05, 3.63) is 34.3 Å². The predicted molar refractivity (Wildman–Crippen MR) is 79.4 cm³/mol. The van der Waals surface area contributed by atoms with Crippen LogP contribution in [0.15, 0.2) is 28.7 Å². The average molecular weight is 326 g/mol. The molecule has 0 bridgehead atoms. The van der Waals surface area contributed by atoms with Crippen molar-refractivity contribution in [3.63, 3.8) is 0 Å². The number of aliphatic hydroxyl groups excluding tert-OH is 1. The fourth-order valence-electron chi connectivity index (χ4n) is 2.68. The molecule has 0 saturated heterocycles. The summed E-state index contributed by atoms with van der Waals surface area (Å²) in [5.41, 5.74) is 0.723. The van der Waals surface area contributed by atoms with Gasteiger partial charge >= 0.3 is 0 Å². The van der Waals surface area contributed by atoms with E-state index in [0.29, 0.717) is 6.54 Å². The Morgan fingerprint density at radius 1 is 1.32 bits per heavy atom. The zero-order valence-corrected chi connectivity index (χ0v) is 12.8. The molecule has 1 saturated carbocycles. The first kappa shape index (κ1) is 14.7. The van der Waals surface area contributed by atoms with Gasteiger partial charge in [0.15, 0.2) is 5.78 Å². The van der Waals surface area contributed by atoms with Gasteiger partial charge in [0.1, 0.15) is 0 Å². The number of halogens is 1. The molecule has 0 amide bonds. The maximum Gasteiger partial charge on any atom is 0.176 e. The summed E-state index contributed by atoms with van der Waals surface area (Å²) >= 11 is 3.36. The summed E-state index contributed by atoms with van der Waals surface area (Å²) in [4.78, 5) is 14.2. The molecule has 0 radical (unpaired) electrons. The molecule has 1 aromatic carbocycles. The molecule has 3 nitrogen and oxygen atoms in total. The zero-order valence-electron chi connectivity index (χ0n) is 11.2. The van der Waals surface area contributed by atoms with Gasteiger partial charge in [-0.15, -0.1) is 0 Å². The Labute approximate surface area is 122 Å². The highest BCUT2D eigenvalue weighted by atomic mass is 79.9. The highest BCUT2D eigenvalue weighted by Gasteiger charge is 2.27. The highest BCUT2D eigenvalue weighted by Crippen LogP contribution is 2.22. The van der Waals surface area contributed by atoms with Gasteiger partial charge in [-0.2, -0.15) is 0 Å². The van der Waals surface area contributed by atoms with Crippen molar-refractivity contribution in [2.45, 2.75) is 37.8 Å². The Balaban J connectivity index is 1.96. The second-order valence-corrected chi connectivity index (χ2v) is 6.18. The number of nitrogens with zero attached hydrogens (tertiary/aromatic N) is 1. The molecular formula is C15H20BrNO2. The van der Waals surface area contributed by atoms with E-state index < -0.39 is 0 Å². The van der Waals surface area contributed by atoms with E-state index in [4.69, 9.17) is 0 Å². The molecule has 1 N–H and O–H groups in total. The van der Waals surface area contributed by atoms with E-state index in [0.717, 1.165) is 35.7 Å². The number of hydrogen-bond acceptors (Lipinski definition) is 3. The van der Waals surface area contributed by atoms with Crippen molar-refractivity contribution in [2.24, 2.45) is 0 Å². The van der Waals surface area contributed by atoms with Gasteiger partial charge in [0, 0.05) is 16.1 Å². The molecular weight excluding hydrogens is 306 g/mol. The van der Waals surface area contributed by atoms with E-state index in [1.54, 1.807) is 0 Å². The predicted octanol–water partition coefficient (Wildman–Crippen LogP) is 2.87. The molecule has 104 valence electrons. The fourth-order valence-corrected chi connectivity index (χ4v) is 2.94. The van der Waals surface area contributed by atoms with Gasteiger partial charge < -0.3 is 5.11 Å². The number of ketones is 1. The third kappa shape index (κ3) is 3.88. The number of benzene rings is 1. The smallest absolute Gasteiger partial charge is 0.176 e. The summed E-state index contributed by atoms with van der Waals surface area (Å²) in [6.07, 6.45) is 3.76. The van der Waals surface area contributed by atoms with E-state index in [-0.39, 0.29) is 17.9 Å². The van der Waals surface area contributed by atoms with Crippen molar-refractivity contribution in [1.29, 1.82) is 0 Å². The number of carbonyl (C=O) groups is 1. The van der Waals surface area contributed by atoms with Crippen molar-refractivity contribution in [2.75, 3.05) is 13.6 Å². The molecule has 2 atom stereocenters. The maximum absolute atomic E-state index is 12.2. The molecule has 2 rings (SSSR count). The van der Waals surface area contributed by atoms with Crippen molar-refractivity contribution >= 4 is 21.7 Å². The first-order valence-corrected chi connectivity index (χ1v) is 7.54. The summed E-state index contributed by atoms with van der Waals surface area (Å²) in [5, 5.41) is 10.0. The van der Waals surface area contributed by atoms with Crippen LogP contribution in [-0.2, 0) is 0 Å². The van der Waals surface area contributed by atoms with Crippen LogP contribution < -0.4 is 0 Å². The van der Waals surface area contributed by atoms with Gasteiger partial charge in [0.05, 0.1) is 12.6 Å². The minimum Gasteiger partial charge on any atom is -0.391 e. The molecule has 4 heteroatoms. The fraction of sp³-hybridized carbons (Fsp3) is 0.533. The van der Waals surface area contributed by atoms with Crippen LogP contribution in [0, 0.1) is 0 Å². The van der Waals surface area contributed by atoms with Gasteiger partial charge in [0.2, 0.25) is 0 Å². The molecule has 0 spiro atoms. The third-order valence-corrected chi connectivity index (χ3v) is 4.35. The SMILES string of the molecule is CN(CC(=O)c1ccc(Br)cc1)C1CCCCC1O. The molecule has 1 aromatic rings. The highest BCUT2D eigenvalue weighted by molar-refractivity contribution is 9.10. The van der Waals surface area contributed by atoms with Crippen LogP contribution in [0.5, 0.6) is 0 Å². The lowest BCUT2D eigenvalue weighted by Crippen LogP contribution is -2.45. The van der Waals surface area contributed by atoms with Gasteiger partial charge in [-0.05, 0) is 32.0 Å². The lowest BCUT2D eigenvalue weighted by molar-refractivity contribution is 0.0322. The lowest BCUT2D eigenvalue weighted by Gasteiger charge is -2.34. The quantitative estimate of drug-likeness (QED) is 0.865. The number of rotatable bonds is 4. The number of carbonyl (C=O) groups excluding carboxylic acids is 1. The standard InChI is InChI=1S/C15H20BrNO2/c1-17(13-4-2-3-5-14(13)18)10-15(19)11-6-8-12(16)9-7-11/h6-9,13-14,18H,2-5,10H2,1H3. The largest absolute Gasteiger partial charge is 0.391 e. The monoisotopic (exact) mass is 325 g/mol. The summed E-state index contributed by atoms with van der Waals surface area (Å²) in [6.45, 7) is 0.364. The van der Waals surface area contributed by atoms with E-state index in [1.807, 2.05) is 36.2 Å². The minimum atomic E-state index is -0.295. The first-order chi connectivity index (χ1) is 9.08. The Morgan fingerprint density at radius 3 is 2.58 bits per heavy atom. The molecule has 1 aliphatic carbocycles. The number of likely N-dealkylation sites (N-methyl/N-ethyl adjacent to an activating group) is 1. The van der Waals surface area contributed by atoms with Crippen LogP contribution in [0.25, 0.3) is 0 Å². The van der Waals surface area contributed by atoms with Crippen LogP contribution in [-0.4, -0.2) is 41.5 Å². The number of Topliss-reactive ketones (excluding diaryl/α,β-unsaturated/α-hetero) is 1. The van der Waals surface area contributed by atoms with Crippen LogP contribution >= 0.6 is 15.9 Å². The lowest BCUT2D eigenvalue weighted by atomic mass is 9.91. The summed E-state index contributed by atoms with van der Waals surface area (Å²) in [6, 6.07) is 7.54. The van der Waals surface area contributed by atoms with Crippen LogP contribution in [0.1, 0.15) is 36.0 Å². The second-order valence-electron chi connectivity index (χ2n) is 5.26. The Kier molecular flexibility index (Phi) is 5.13. The minimum absolute atomic E-state index is 0.104. The van der Waals surface area contributed by atoms with E-state index in [9.17, 15) is 9.90 Å².